The number of methoxy groups -OCH3 is 2. The number of ether oxygens (including phenoxy) is 3. The Bertz CT molecular complexity index is 503. The third kappa shape index (κ3) is 2.91. The average molecular weight is 345 g/mol. The summed E-state index contributed by atoms with van der Waals surface area (Å²) in [5.74, 6) is -0.232. The van der Waals surface area contributed by atoms with Gasteiger partial charge in [-0.1, -0.05) is 15.9 Å². The number of carboxylic acids is 1. The second-order valence-corrected chi connectivity index (χ2v) is 5.46. The Kier molecular flexibility index (Phi) is 4.88. The van der Waals surface area contributed by atoms with Gasteiger partial charge in [-0.25, -0.2) is 0 Å². The van der Waals surface area contributed by atoms with Crippen molar-refractivity contribution in [2.75, 3.05) is 20.8 Å². The van der Waals surface area contributed by atoms with Crippen LogP contribution in [-0.2, 0) is 9.53 Å². The van der Waals surface area contributed by atoms with Gasteiger partial charge in [-0.2, -0.15) is 0 Å². The lowest BCUT2D eigenvalue weighted by atomic mass is 9.89. The van der Waals surface area contributed by atoms with Crippen molar-refractivity contribution < 1.29 is 24.1 Å². The molecular weight excluding hydrogens is 328 g/mol. The number of hydrogen-bond acceptors (Lipinski definition) is 4. The Hall–Kier alpha value is -1.27. The fourth-order valence-electron chi connectivity index (χ4n) is 2.43. The van der Waals surface area contributed by atoms with Gasteiger partial charge in [-0.05, 0) is 30.5 Å². The fraction of sp³-hybridized carbons (Fsp3) is 0.500. The van der Waals surface area contributed by atoms with E-state index < -0.39 is 18.0 Å². The van der Waals surface area contributed by atoms with Gasteiger partial charge in [0.05, 0.1) is 26.2 Å². The van der Waals surface area contributed by atoms with Crippen molar-refractivity contribution in [2.45, 2.75) is 18.9 Å². The number of aliphatic carboxylic acids is 1. The molecule has 20 heavy (non-hydrogen) atoms. The van der Waals surface area contributed by atoms with Gasteiger partial charge >= 0.3 is 5.97 Å². The van der Waals surface area contributed by atoms with Gasteiger partial charge in [-0.3, -0.25) is 4.79 Å². The SMILES string of the molecule is COc1cc(Br)c(C2OCCCC2C(=O)O)cc1OC. The zero-order chi connectivity index (χ0) is 14.7. The molecule has 0 radical (unpaired) electrons. The van der Waals surface area contributed by atoms with Crippen LogP contribution >= 0.6 is 15.9 Å². The van der Waals surface area contributed by atoms with Crippen LogP contribution in [0.4, 0.5) is 0 Å². The Morgan fingerprint density at radius 1 is 1.35 bits per heavy atom. The van der Waals surface area contributed by atoms with Gasteiger partial charge in [0.1, 0.15) is 0 Å². The molecule has 5 nitrogen and oxygen atoms in total. The van der Waals surface area contributed by atoms with Gasteiger partial charge in [0, 0.05) is 11.1 Å². The standard InChI is InChI=1S/C14H17BrO5/c1-18-11-6-9(10(15)7-12(11)19-2)13-8(14(16)17)4-3-5-20-13/h6-8,13H,3-5H2,1-2H3,(H,16,17). The van der Waals surface area contributed by atoms with Crippen molar-refractivity contribution in [1.29, 1.82) is 0 Å². The minimum atomic E-state index is -0.837. The van der Waals surface area contributed by atoms with Crippen LogP contribution in [0, 0.1) is 5.92 Å². The first-order chi connectivity index (χ1) is 9.58. The summed E-state index contributed by atoms with van der Waals surface area (Å²) < 4.78 is 16.9. The van der Waals surface area contributed by atoms with E-state index >= 15 is 0 Å². The molecule has 1 aliphatic heterocycles. The van der Waals surface area contributed by atoms with Crippen LogP contribution < -0.4 is 9.47 Å². The van der Waals surface area contributed by atoms with Crippen LogP contribution in [0.15, 0.2) is 16.6 Å². The Morgan fingerprint density at radius 3 is 2.60 bits per heavy atom. The zero-order valence-corrected chi connectivity index (χ0v) is 13.0. The quantitative estimate of drug-likeness (QED) is 0.909. The molecule has 1 aliphatic rings. The third-order valence-electron chi connectivity index (χ3n) is 3.45. The lowest BCUT2D eigenvalue weighted by molar-refractivity contribution is -0.152. The van der Waals surface area contributed by atoms with E-state index in [0.29, 0.717) is 24.5 Å². The first kappa shape index (κ1) is 15.1. The Balaban J connectivity index is 2.42. The maximum atomic E-state index is 11.4. The second kappa shape index (κ2) is 6.45. The van der Waals surface area contributed by atoms with Crippen molar-refractivity contribution in [3.05, 3.63) is 22.2 Å². The molecule has 1 fully saturated rings. The highest BCUT2D eigenvalue weighted by Crippen LogP contribution is 2.42. The van der Waals surface area contributed by atoms with Gasteiger partial charge in [0.15, 0.2) is 11.5 Å². The van der Waals surface area contributed by atoms with Crippen LogP contribution in [-0.4, -0.2) is 31.9 Å². The van der Waals surface area contributed by atoms with E-state index in [-0.39, 0.29) is 0 Å². The van der Waals surface area contributed by atoms with Crippen molar-refractivity contribution in [2.24, 2.45) is 5.92 Å². The predicted molar refractivity (Wildman–Crippen MR) is 76.3 cm³/mol. The molecule has 0 amide bonds. The number of halogens is 1. The molecule has 0 aliphatic carbocycles. The number of carbonyl (C=O) groups is 1. The van der Waals surface area contributed by atoms with Crippen LogP contribution in [0.5, 0.6) is 11.5 Å². The summed E-state index contributed by atoms with van der Waals surface area (Å²) in [6, 6.07) is 3.54. The molecule has 6 heteroatoms. The van der Waals surface area contributed by atoms with Gasteiger partial charge in [0.2, 0.25) is 0 Å². The summed E-state index contributed by atoms with van der Waals surface area (Å²) in [7, 11) is 3.10. The van der Waals surface area contributed by atoms with E-state index in [1.54, 1.807) is 26.4 Å². The highest BCUT2D eigenvalue weighted by molar-refractivity contribution is 9.10. The maximum Gasteiger partial charge on any atom is 0.309 e. The molecule has 2 atom stereocenters. The van der Waals surface area contributed by atoms with Gasteiger partial charge in [0.25, 0.3) is 0 Å². The summed E-state index contributed by atoms with van der Waals surface area (Å²) in [6.45, 7) is 0.565. The van der Waals surface area contributed by atoms with E-state index in [9.17, 15) is 9.90 Å². The van der Waals surface area contributed by atoms with Crippen molar-refractivity contribution in [1.82, 2.24) is 0 Å². The van der Waals surface area contributed by atoms with Crippen LogP contribution in [0.3, 0.4) is 0 Å². The third-order valence-corrected chi connectivity index (χ3v) is 4.14. The van der Waals surface area contributed by atoms with Gasteiger partial charge in [-0.15, -0.1) is 0 Å². The molecule has 2 rings (SSSR count). The van der Waals surface area contributed by atoms with E-state index in [2.05, 4.69) is 15.9 Å². The first-order valence-electron chi connectivity index (χ1n) is 6.34. The smallest absolute Gasteiger partial charge is 0.309 e. The largest absolute Gasteiger partial charge is 0.493 e. The molecule has 1 saturated heterocycles. The number of rotatable bonds is 4. The summed E-state index contributed by atoms with van der Waals surface area (Å²) in [5, 5.41) is 9.34. The maximum absolute atomic E-state index is 11.4. The molecule has 1 aromatic carbocycles. The van der Waals surface area contributed by atoms with Crippen LogP contribution in [0.1, 0.15) is 24.5 Å². The first-order valence-corrected chi connectivity index (χ1v) is 7.13. The second-order valence-electron chi connectivity index (χ2n) is 4.61. The molecular formula is C14H17BrO5. The monoisotopic (exact) mass is 344 g/mol. The van der Waals surface area contributed by atoms with E-state index in [1.165, 1.54) is 0 Å². The molecule has 0 spiro atoms. The molecule has 1 aromatic rings. The highest BCUT2D eigenvalue weighted by atomic mass is 79.9. The summed E-state index contributed by atoms with van der Waals surface area (Å²) >= 11 is 3.45. The number of hydrogen-bond donors (Lipinski definition) is 1. The Labute approximate surface area is 126 Å². The molecule has 1 N–H and O–H groups in total. The number of carboxylic acid groups (broad SMARTS) is 1. The molecule has 0 saturated carbocycles. The number of benzene rings is 1. The van der Waals surface area contributed by atoms with E-state index in [1.807, 2.05) is 0 Å². The zero-order valence-electron chi connectivity index (χ0n) is 11.4. The lowest BCUT2D eigenvalue weighted by Crippen LogP contribution is -2.29. The molecule has 2 unspecified atom stereocenters. The topological polar surface area (TPSA) is 65.0 Å². The normalized spacial score (nSPS) is 22.4. The molecule has 0 aromatic heterocycles. The molecule has 1 heterocycles. The van der Waals surface area contributed by atoms with Crippen molar-refractivity contribution in [3.8, 4) is 11.5 Å². The van der Waals surface area contributed by atoms with Crippen LogP contribution in [0.2, 0.25) is 0 Å². The van der Waals surface area contributed by atoms with Crippen molar-refractivity contribution in [3.63, 3.8) is 0 Å². The molecule has 110 valence electrons. The summed E-state index contributed by atoms with van der Waals surface area (Å²) in [5.41, 5.74) is 0.773. The molecule has 0 bridgehead atoms. The summed E-state index contributed by atoms with van der Waals surface area (Å²) in [4.78, 5) is 11.4. The van der Waals surface area contributed by atoms with Crippen LogP contribution in [0.25, 0.3) is 0 Å². The fourth-order valence-corrected chi connectivity index (χ4v) is 2.98. The minimum Gasteiger partial charge on any atom is -0.493 e. The minimum absolute atomic E-state index is 0.476. The van der Waals surface area contributed by atoms with Crippen molar-refractivity contribution >= 4 is 21.9 Å². The van der Waals surface area contributed by atoms with E-state index in [4.69, 9.17) is 14.2 Å². The van der Waals surface area contributed by atoms with Gasteiger partial charge < -0.3 is 19.3 Å². The average Bonchev–Trinajstić information content (AvgIpc) is 2.46. The summed E-state index contributed by atoms with van der Waals surface area (Å²) in [6.07, 6.45) is 0.898. The Morgan fingerprint density at radius 2 is 2.00 bits per heavy atom. The lowest BCUT2D eigenvalue weighted by Gasteiger charge is -2.30. The highest BCUT2D eigenvalue weighted by Gasteiger charge is 2.34. The van der Waals surface area contributed by atoms with E-state index in [0.717, 1.165) is 16.5 Å². The predicted octanol–water partition coefficient (Wildman–Crippen LogP) is 3.02.